The molecule has 0 spiro atoms. The molecule has 2 heterocycles. The third kappa shape index (κ3) is 4.12. The van der Waals surface area contributed by atoms with Gasteiger partial charge in [-0.2, -0.15) is 5.10 Å². The lowest BCUT2D eigenvalue weighted by atomic mass is 9.94. The van der Waals surface area contributed by atoms with Crippen LogP contribution >= 0.6 is 0 Å². The molecule has 1 aromatic carbocycles. The SMILES string of the molecule is CC(C)(C)C(=O)N1CCN(C(=O)c2ccc(Cn3cccn3)cc2)CC1. The average molecular weight is 354 g/mol. The van der Waals surface area contributed by atoms with Gasteiger partial charge < -0.3 is 9.80 Å². The quantitative estimate of drug-likeness (QED) is 0.849. The fourth-order valence-corrected chi connectivity index (χ4v) is 3.10. The molecule has 1 aliphatic rings. The fourth-order valence-electron chi connectivity index (χ4n) is 3.10. The Morgan fingerprint density at radius 2 is 1.62 bits per heavy atom. The normalized spacial score (nSPS) is 15.2. The molecule has 2 aromatic rings. The number of hydrogen-bond donors (Lipinski definition) is 0. The molecular formula is C20H26N4O2. The number of benzene rings is 1. The fraction of sp³-hybridized carbons (Fsp3) is 0.450. The van der Waals surface area contributed by atoms with Crippen molar-refractivity contribution in [3.05, 3.63) is 53.9 Å². The topological polar surface area (TPSA) is 58.4 Å². The summed E-state index contributed by atoms with van der Waals surface area (Å²) in [6.45, 7) is 8.83. The highest BCUT2D eigenvalue weighted by Crippen LogP contribution is 2.19. The summed E-state index contributed by atoms with van der Waals surface area (Å²) in [5, 5.41) is 4.19. The van der Waals surface area contributed by atoms with E-state index >= 15 is 0 Å². The summed E-state index contributed by atoms with van der Waals surface area (Å²) >= 11 is 0. The number of carbonyl (C=O) groups is 2. The zero-order chi connectivity index (χ0) is 18.7. The van der Waals surface area contributed by atoms with Gasteiger partial charge in [-0.3, -0.25) is 14.3 Å². The van der Waals surface area contributed by atoms with Gasteiger partial charge in [-0.05, 0) is 23.8 Å². The first-order valence-corrected chi connectivity index (χ1v) is 8.99. The van der Waals surface area contributed by atoms with Gasteiger partial charge in [-0.25, -0.2) is 0 Å². The molecule has 0 radical (unpaired) electrons. The summed E-state index contributed by atoms with van der Waals surface area (Å²) in [5.41, 5.74) is 1.41. The molecule has 6 heteroatoms. The molecule has 0 atom stereocenters. The minimum atomic E-state index is -0.378. The summed E-state index contributed by atoms with van der Waals surface area (Å²) < 4.78 is 1.85. The monoisotopic (exact) mass is 354 g/mol. The van der Waals surface area contributed by atoms with E-state index in [0.717, 1.165) is 5.56 Å². The summed E-state index contributed by atoms with van der Waals surface area (Å²) in [4.78, 5) is 28.7. The van der Waals surface area contributed by atoms with Crippen LogP contribution in [0.15, 0.2) is 42.7 Å². The van der Waals surface area contributed by atoms with Gasteiger partial charge in [-0.15, -0.1) is 0 Å². The lowest BCUT2D eigenvalue weighted by Gasteiger charge is -2.37. The Hall–Kier alpha value is -2.63. The Bertz CT molecular complexity index is 752. The second-order valence-electron chi connectivity index (χ2n) is 7.73. The maximum absolute atomic E-state index is 12.7. The number of hydrogen-bond acceptors (Lipinski definition) is 3. The van der Waals surface area contributed by atoms with Gasteiger partial charge in [-0.1, -0.05) is 32.9 Å². The lowest BCUT2D eigenvalue weighted by Crippen LogP contribution is -2.53. The van der Waals surface area contributed by atoms with E-state index in [4.69, 9.17) is 0 Å². The standard InChI is InChI=1S/C20H26N4O2/c1-20(2,3)19(26)23-13-11-22(12-14-23)18(25)17-7-5-16(6-8-17)15-24-10-4-9-21-24/h4-10H,11-15H2,1-3H3. The van der Waals surface area contributed by atoms with E-state index in [-0.39, 0.29) is 17.2 Å². The van der Waals surface area contributed by atoms with Crippen LogP contribution < -0.4 is 0 Å². The van der Waals surface area contributed by atoms with Crippen molar-refractivity contribution in [2.24, 2.45) is 5.41 Å². The van der Waals surface area contributed by atoms with Gasteiger partial charge in [0, 0.05) is 49.6 Å². The highest BCUT2D eigenvalue weighted by molar-refractivity contribution is 5.94. The molecular weight excluding hydrogens is 328 g/mol. The van der Waals surface area contributed by atoms with Crippen molar-refractivity contribution in [1.82, 2.24) is 19.6 Å². The van der Waals surface area contributed by atoms with Crippen molar-refractivity contribution in [3.63, 3.8) is 0 Å². The Balaban J connectivity index is 1.57. The van der Waals surface area contributed by atoms with Crippen molar-refractivity contribution in [2.75, 3.05) is 26.2 Å². The smallest absolute Gasteiger partial charge is 0.253 e. The second kappa shape index (κ2) is 7.32. The molecule has 1 saturated heterocycles. The van der Waals surface area contributed by atoms with Crippen LogP contribution in [0.4, 0.5) is 0 Å². The minimum Gasteiger partial charge on any atom is -0.339 e. The highest BCUT2D eigenvalue weighted by atomic mass is 16.2. The molecule has 0 bridgehead atoms. The Labute approximate surface area is 154 Å². The molecule has 0 N–H and O–H groups in total. The molecule has 0 saturated carbocycles. The van der Waals surface area contributed by atoms with Crippen molar-refractivity contribution in [2.45, 2.75) is 27.3 Å². The van der Waals surface area contributed by atoms with Gasteiger partial charge in [0.2, 0.25) is 5.91 Å². The van der Waals surface area contributed by atoms with E-state index in [0.29, 0.717) is 38.3 Å². The molecule has 26 heavy (non-hydrogen) atoms. The average Bonchev–Trinajstić information content (AvgIpc) is 3.13. The number of carbonyl (C=O) groups excluding carboxylic acids is 2. The molecule has 3 rings (SSSR count). The van der Waals surface area contributed by atoms with Gasteiger partial charge in [0.1, 0.15) is 0 Å². The molecule has 2 amide bonds. The Morgan fingerprint density at radius 3 is 2.15 bits per heavy atom. The molecule has 1 aromatic heterocycles. The summed E-state index contributed by atoms with van der Waals surface area (Å²) in [6.07, 6.45) is 3.67. The largest absolute Gasteiger partial charge is 0.339 e. The molecule has 0 unspecified atom stereocenters. The molecule has 1 fully saturated rings. The van der Waals surface area contributed by atoms with Crippen LogP contribution in [-0.4, -0.2) is 57.6 Å². The van der Waals surface area contributed by atoms with Gasteiger partial charge in [0.25, 0.3) is 5.91 Å². The van der Waals surface area contributed by atoms with E-state index in [9.17, 15) is 9.59 Å². The maximum atomic E-state index is 12.7. The highest BCUT2D eigenvalue weighted by Gasteiger charge is 2.31. The van der Waals surface area contributed by atoms with Crippen LogP contribution in [0.3, 0.4) is 0 Å². The minimum absolute atomic E-state index is 0.0264. The van der Waals surface area contributed by atoms with E-state index < -0.39 is 0 Å². The number of piperazine rings is 1. The van der Waals surface area contributed by atoms with E-state index in [2.05, 4.69) is 5.10 Å². The molecule has 0 aliphatic carbocycles. The Kier molecular flexibility index (Phi) is 5.11. The summed E-state index contributed by atoms with van der Waals surface area (Å²) in [6, 6.07) is 9.56. The molecule has 1 aliphatic heterocycles. The van der Waals surface area contributed by atoms with Crippen molar-refractivity contribution in [1.29, 1.82) is 0 Å². The van der Waals surface area contributed by atoms with Crippen LogP contribution in [0.25, 0.3) is 0 Å². The predicted octanol–water partition coefficient (Wildman–Crippen LogP) is 2.26. The lowest BCUT2D eigenvalue weighted by molar-refractivity contribution is -0.140. The van der Waals surface area contributed by atoms with E-state index in [1.54, 1.807) is 6.20 Å². The summed E-state index contributed by atoms with van der Waals surface area (Å²) in [5.74, 6) is 0.172. The van der Waals surface area contributed by atoms with Crippen LogP contribution in [0.2, 0.25) is 0 Å². The van der Waals surface area contributed by atoms with Gasteiger partial charge in [0.15, 0.2) is 0 Å². The van der Waals surface area contributed by atoms with E-state index in [1.165, 1.54) is 0 Å². The third-order valence-electron chi connectivity index (χ3n) is 4.60. The maximum Gasteiger partial charge on any atom is 0.253 e. The molecule has 6 nitrogen and oxygen atoms in total. The first-order chi connectivity index (χ1) is 12.3. The van der Waals surface area contributed by atoms with Crippen molar-refractivity contribution < 1.29 is 9.59 Å². The van der Waals surface area contributed by atoms with Crippen LogP contribution in [0.1, 0.15) is 36.7 Å². The molecule has 138 valence electrons. The van der Waals surface area contributed by atoms with Crippen LogP contribution in [0.5, 0.6) is 0 Å². The second-order valence-corrected chi connectivity index (χ2v) is 7.73. The van der Waals surface area contributed by atoms with E-state index in [1.807, 2.05) is 71.8 Å². The van der Waals surface area contributed by atoms with Crippen LogP contribution in [-0.2, 0) is 11.3 Å². The van der Waals surface area contributed by atoms with Crippen molar-refractivity contribution >= 4 is 11.8 Å². The predicted molar refractivity (Wildman–Crippen MR) is 99.7 cm³/mol. The third-order valence-corrected chi connectivity index (χ3v) is 4.60. The first-order valence-electron chi connectivity index (χ1n) is 8.99. The number of aromatic nitrogens is 2. The van der Waals surface area contributed by atoms with Crippen LogP contribution in [0, 0.1) is 5.41 Å². The summed E-state index contributed by atoms with van der Waals surface area (Å²) in [7, 11) is 0. The zero-order valence-electron chi connectivity index (χ0n) is 15.7. The van der Waals surface area contributed by atoms with Gasteiger partial charge in [0.05, 0.1) is 6.54 Å². The zero-order valence-corrected chi connectivity index (χ0v) is 15.7. The number of rotatable bonds is 3. The van der Waals surface area contributed by atoms with Gasteiger partial charge >= 0.3 is 0 Å². The Morgan fingerprint density at radius 1 is 1.00 bits per heavy atom. The van der Waals surface area contributed by atoms with Crippen molar-refractivity contribution in [3.8, 4) is 0 Å². The number of nitrogens with zero attached hydrogens (tertiary/aromatic N) is 4. The number of amides is 2. The first kappa shape index (κ1) is 18.2.